The van der Waals surface area contributed by atoms with Crippen LogP contribution >= 0.6 is 0 Å². The molecule has 0 aliphatic rings. The second-order valence-electron chi connectivity index (χ2n) is 5.93. The standard InChI is InChI=1S/C17H18N4O5/c1-4-18-17(24)14-13(16-19-7-25-21-16)15(26-20-14)10-5-9(8(2)3)11(22)6-12(10)23/h5-8,22-23H,4H2,1-3H3,(H,18,24). The number of nitrogens with zero attached hydrogens (tertiary/aromatic N) is 3. The Balaban J connectivity index is 2.24. The second-order valence-corrected chi connectivity index (χ2v) is 5.93. The highest BCUT2D eigenvalue weighted by Gasteiger charge is 2.29. The zero-order chi connectivity index (χ0) is 18.8. The molecule has 0 saturated heterocycles. The van der Waals surface area contributed by atoms with Gasteiger partial charge in [0.15, 0.2) is 11.5 Å². The minimum absolute atomic E-state index is 0.00578. The number of phenolic OH excluding ortho intramolecular Hbond substituents is 2. The Morgan fingerprint density at radius 1 is 1.23 bits per heavy atom. The SMILES string of the molecule is CCNC(=O)c1noc(-c2cc(C(C)C)c(O)cc2O)c1-c1ncon1. The Hall–Kier alpha value is -3.36. The number of aromatic nitrogens is 3. The van der Waals surface area contributed by atoms with E-state index < -0.39 is 5.91 Å². The normalized spacial score (nSPS) is 11.1. The summed E-state index contributed by atoms with van der Waals surface area (Å²) in [6.45, 7) is 5.97. The number of amides is 1. The summed E-state index contributed by atoms with van der Waals surface area (Å²) < 4.78 is 10.1. The Morgan fingerprint density at radius 3 is 2.62 bits per heavy atom. The molecule has 26 heavy (non-hydrogen) atoms. The first-order chi connectivity index (χ1) is 12.4. The Bertz CT molecular complexity index is 931. The lowest BCUT2D eigenvalue weighted by Gasteiger charge is -2.11. The summed E-state index contributed by atoms with van der Waals surface area (Å²) in [5.74, 6) is -0.535. The lowest BCUT2D eigenvalue weighted by Crippen LogP contribution is -2.23. The Morgan fingerprint density at radius 2 is 2.00 bits per heavy atom. The van der Waals surface area contributed by atoms with Crippen LogP contribution in [0.25, 0.3) is 22.7 Å². The Labute approximate surface area is 148 Å². The third-order valence-electron chi connectivity index (χ3n) is 3.84. The highest BCUT2D eigenvalue weighted by atomic mass is 16.5. The van der Waals surface area contributed by atoms with Crippen molar-refractivity contribution in [2.75, 3.05) is 6.54 Å². The first-order valence-electron chi connectivity index (χ1n) is 8.04. The van der Waals surface area contributed by atoms with Gasteiger partial charge < -0.3 is 24.6 Å². The first kappa shape index (κ1) is 17.5. The fraction of sp³-hybridized carbons (Fsp3) is 0.294. The zero-order valence-electron chi connectivity index (χ0n) is 14.5. The number of hydrogen-bond acceptors (Lipinski definition) is 8. The van der Waals surface area contributed by atoms with E-state index in [9.17, 15) is 15.0 Å². The van der Waals surface area contributed by atoms with Gasteiger partial charge in [-0.05, 0) is 24.5 Å². The van der Waals surface area contributed by atoms with E-state index in [-0.39, 0.29) is 45.8 Å². The molecule has 0 spiro atoms. The lowest BCUT2D eigenvalue weighted by atomic mass is 9.96. The van der Waals surface area contributed by atoms with Gasteiger partial charge in [-0.2, -0.15) is 4.98 Å². The van der Waals surface area contributed by atoms with E-state index in [1.54, 1.807) is 13.0 Å². The topological polar surface area (TPSA) is 135 Å². The van der Waals surface area contributed by atoms with E-state index in [1.807, 2.05) is 13.8 Å². The van der Waals surface area contributed by atoms with E-state index in [0.717, 1.165) is 6.39 Å². The van der Waals surface area contributed by atoms with Gasteiger partial charge in [-0.25, -0.2) is 0 Å². The van der Waals surface area contributed by atoms with Gasteiger partial charge >= 0.3 is 0 Å². The zero-order valence-corrected chi connectivity index (χ0v) is 14.5. The van der Waals surface area contributed by atoms with Crippen LogP contribution in [0, 0.1) is 0 Å². The molecule has 1 amide bonds. The molecule has 1 aromatic carbocycles. The quantitative estimate of drug-likeness (QED) is 0.633. The van der Waals surface area contributed by atoms with Gasteiger partial charge in [0.25, 0.3) is 5.91 Å². The number of benzene rings is 1. The average molecular weight is 358 g/mol. The van der Waals surface area contributed by atoms with Crippen molar-refractivity contribution in [3.63, 3.8) is 0 Å². The van der Waals surface area contributed by atoms with Crippen molar-refractivity contribution < 1.29 is 24.1 Å². The van der Waals surface area contributed by atoms with E-state index in [4.69, 9.17) is 9.05 Å². The third kappa shape index (κ3) is 2.99. The van der Waals surface area contributed by atoms with Gasteiger partial charge in [0.1, 0.15) is 17.1 Å². The number of rotatable bonds is 5. The summed E-state index contributed by atoms with van der Waals surface area (Å²) in [7, 11) is 0. The number of nitrogens with one attached hydrogen (secondary N) is 1. The molecule has 9 heteroatoms. The van der Waals surface area contributed by atoms with E-state index in [0.29, 0.717) is 12.1 Å². The van der Waals surface area contributed by atoms with Crippen molar-refractivity contribution in [2.45, 2.75) is 26.7 Å². The highest BCUT2D eigenvalue weighted by molar-refractivity contribution is 6.01. The van der Waals surface area contributed by atoms with Crippen LogP contribution < -0.4 is 5.32 Å². The van der Waals surface area contributed by atoms with Crippen molar-refractivity contribution in [1.82, 2.24) is 20.6 Å². The average Bonchev–Trinajstić information content (AvgIpc) is 3.23. The molecule has 0 aliphatic heterocycles. The Kier molecular flexibility index (Phi) is 4.61. The van der Waals surface area contributed by atoms with Gasteiger partial charge in [0.05, 0.1) is 5.56 Å². The minimum Gasteiger partial charge on any atom is -0.508 e. The monoisotopic (exact) mass is 358 g/mol. The fourth-order valence-corrected chi connectivity index (χ4v) is 2.60. The van der Waals surface area contributed by atoms with Gasteiger partial charge in [-0.3, -0.25) is 4.79 Å². The number of carbonyl (C=O) groups excluding carboxylic acids is 1. The van der Waals surface area contributed by atoms with Gasteiger partial charge in [0.2, 0.25) is 12.2 Å². The second kappa shape index (κ2) is 6.87. The molecule has 136 valence electrons. The molecule has 2 aromatic heterocycles. The molecule has 0 radical (unpaired) electrons. The fourth-order valence-electron chi connectivity index (χ4n) is 2.60. The summed E-state index contributed by atoms with van der Waals surface area (Å²) in [6, 6.07) is 2.81. The molecule has 0 atom stereocenters. The third-order valence-corrected chi connectivity index (χ3v) is 3.84. The van der Waals surface area contributed by atoms with Gasteiger partial charge in [0, 0.05) is 12.6 Å². The van der Waals surface area contributed by atoms with Gasteiger partial charge in [-0.15, -0.1) is 0 Å². The molecule has 3 aromatic rings. The molecule has 3 rings (SSSR count). The maximum Gasteiger partial charge on any atom is 0.274 e. The summed E-state index contributed by atoms with van der Waals surface area (Å²) >= 11 is 0. The van der Waals surface area contributed by atoms with E-state index in [2.05, 4.69) is 20.6 Å². The molecule has 0 bridgehead atoms. The number of carbonyl (C=O) groups is 1. The number of aromatic hydroxyl groups is 2. The minimum atomic E-state index is -0.468. The molecular formula is C17H18N4O5. The summed E-state index contributed by atoms with van der Waals surface area (Å²) in [4.78, 5) is 16.3. The van der Waals surface area contributed by atoms with Crippen LogP contribution in [0.1, 0.15) is 42.7 Å². The van der Waals surface area contributed by atoms with E-state index >= 15 is 0 Å². The van der Waals surface area contributed by atoms with Crippen molar-refractivity contribution in [2.24, 2.45) is 0 Å². The van der Waals surface area contributed by atoms with Crippen LogP contribution in [0.15, 0.2) is 27.6 Å². The lowest BCUT2D eigenvalue weighted by molar-refractivity contribution is 0.0947. The first-order valence-corrected chi connectivity index (χ1v) is 8.04. The molecule has 9 nitrogen and oxygen atoms in total. The molecule has 2 heterocycles. The summed E-state index contributed by atoms with van der Waals surface area (Å²) in [5, 5.41) is 30.6. The van der Waals surface area contributed by atoms with Crippen LogP contribution in [0.4, 0.5) is 0 Å². The predicted molar refractivity (Wildman–Crippen MR) is 90.7 cm³/mol. The van der Waals surface area contributed by atoms with Crippen LogP contribution in [0.5, 0.6) is 11.5 Å². The van der Waals surface area contributed by atoms with Crippen molar-refractivity contribution in [1.29, 1.82) is 0 Å². The molecule has 3 N–H and O–H groups in total. The predicted octanol–water partition coefficient (Wildman–Crippen LogP) is 2.68. The molecule has 0 saturated carbocycles. The van der Waals surface area contributed by atoms with Crippen LogP contribution in [-0.2, 0) is 0 Å². The van der Waals surface area contributed by atoms with E-state index in [1.165, 1.54) is 6.07 Å². The largest absolute Gasteiger partial charge is 0.508 e. The maximum absolute atomic E-state index is 12.3. The summed E-state index contributed by atoms with van der Waals surface area (Å²) in [5.41, 5.74) is 1.03. The number of hydrogen-bond donors (Lipinski definition) is 3. The van der Waals surface area contributed by atoms with Crippen molar-refractivity contribution in [3.05, 3.63) is 29.8 Å². The highest BCUT2D eigenvalue weighted by Crippen LogP contribution is 2.42. The molecular weight excluding hydrogens is 340 g/mol. The smallest absolute Gasteiger partial charge is 0.274 e. The van der Waals surface area contributed by atoms with Crippen molar-refractivity contribution in [3.8, 4) is 34.2 Å². The van der Waals surface area contributed by atoms with Crippen LogP contribution in [0.3, 0.4) is 0 Å². The van der Waals surface area contributed by atoms with Gasteiger partial charge in [-0.1, -0.05) is 24.2 Å². The van der Waals surface area contributed by atoms with Crippen LogP contribution in [-0.4, -0.2) is 38.0 Å². The maximum atomic E-state index is 12.3. The number of phenols is 2. The summed E-state index contributed by atoms with van der Waals surface area (Å²) in [6.07, 6.45) is 1.11. The van der Waals surface area contributed by atoms with Crippen LogP contribution in [0.2, 0.25) is 0 Å². The molecule has 0 fully saturated rings. The molecule has 0 unspecified atom stereocenters. The molecule has 0 aliphatic carbocycles. The van der Waals surface area contributed by atoms with Crippen molar-refractivity contribution >= 4 is 5.91 Å².